The predicted molar refractivity (Wildman–Crippen MR) is 52.8 cm³/mol. The van der Waals surface area contributed by atoms with Crippen LogP contribution in [0.15, 0.2) is 18.3 Å². The molecule has 13 heavy (non-hydrogen) atoms. The second-order valence-corrected chi connectivity index (χ2v) is 3.36. The smallest absolute Gasteiger partial charge is 0.138 e. The van der Waals surface area contributed by atoms with E-state index in [1.807, 2.05) is 29.7 Å². The Morgan fingerprint density at radius 3 is 3.08 bits per heavy atom. The van der Waals surface area contributed by atoms with E-state index in [1.54, 1.807) is 0 Å². The summed E-state index contributed by atoms with van der Waals surface area (Å²) in [6.45, 7) is 2.44. The van der Waals surface area contributed by atoms with Crippen LogP contribution in [0.5, 0.6) is 0 Å². The Morgan fingerprint density at radius 1 is 1.62 bits per heavy atom. The number of halogens is 1. The summed E-state index contributed by atoms with van der Waals surface area (Å²) in [6.07, 6.45) is 1.89. The van der Waals surface area contributed by atoms with Crippen molar-refractivity contribution in [2.75, 3.05) is 0 Å². The van der Waals surface area contributed by atoms with Crippen LogP contribution in [0.3, 0.4) is 0 Å². The summed E-state index contributed by atoms with van der Waals surface area (Å²) >= 11 is 5.84. The molecule has 0 radical (unpaired) electrons. The van der Waals surface area contributed by atoms with Crippen molar-refractivity contribution in [1.82, 2.24) is 9.38 Å². The summed E-state index contributed by atoms with van der Waals surface area (Å²) in [5.41, 5.74) is 8.45. The molecule has 0 amide bonds. The minimum absolute atomic E-state index is 0.495. The monoisotopic (exact) mass is 195 g/mol. The maximum Gasteiger partial charge on any atom is 0.138 e. The maximum atomic E-state index is 5.84. The fourth-order valence-corrected chi connectivity index (χ4v) is 1.59. The van der Waals surface area contributed by atoms with E-state index < -0.39 is 0 Å². The maximum absolute atomic E-state index is 5.84. The Hall–Kier alpha value is -1.06. The lowest BCUT2D eigenvalue weighted by atomic mass is 10.3. The highest BCUT2D eigenvalue weighted by atomic mass is 35.5. The topological polar surface area (TPSA) is 43.3 Å². The molecule has 0 saturated carbocycles. The largest absolute Gasteiger partial charge is 0.325 e. The van der Waals surface area contributed by atoms with E-state index >= 15 is 0 Å². The van der Waals surface area contributed by atoms with Crippen molar-refractivity contribution < 1.29 is 0 Å². The van der Waals surface area contributed by atoms with Gasteiger partial charge in [-0.25, -0.2) is 4.98 Å². The molecule has 0 unspecified atom stereocenters. The molecule has 2 N–H and O–H groups in total. The molecule has 2 aromatic heterocycles. The van der Waals surface area contributed by atoms with E-state index in [2.05, 4.69) is 4.98 Å². The van der Waals surface area contributed by atoms with Gasteiger partial charge in [-0.3, -0.25) is 0 Å². The van der Waals surface area contributed by atoms with Crippen LogP contribution in [0.4, 0.5) is 0 Å². The van der Waals surface area contributed by atoms with Crippen molar-refractivity contribution in [3.63, 3.8) is 0 Å². The van der Waals surface area contributed by atoms with Crippen LogP contribution in [0.25, 0.3) is 5.65 Å². The molecule has 68 valence electrons. The van der Waals surface area contributed by atoms with E-state index in [0.29, 0.717) is 11.6 Å². The fourth-order valence-electron chi connectivity index (χ4n) is 1.43. The highest BCUT2D eigenvalue weighted by molar-refractivity contribution is 6.30. The molecular formula is C9H10ClN3. The number of nitrogens with zero attached hydrogens (tertiary/aromatic N) is 2. The van der Waals surface area contributed by atoms with Gasteiger partial charge in [-0.15, -0.1) is 0 Å². The summed E-state index contributed by atoms with van der Waals surface area (Å²) in [4.78, 5) is 4.34. The first-order chi connectivity index (χ1) is 6.22. The van der Waals surface area contributed by atoms with Gasteiger partial charge < -0.3 is 10.1 Å². The average molecular weight is 196 g/mol. The molecule has 0 aliphatic rings. The molecule has 2 rings (SSSR count). The Morgan fingerprint density at radius 2 is 2.38 bits per heavy atom. The van der Waals surface area contributed by atoms with Gasteiger partial charge in [0.1, 0.15) is 5.65 Å². The first kappa shape index (κ1) is 8.53. The van der Waals surface area contributed by atoms with Crippen LogP contribution in [0.2, 0.25) is 5.02 Å². The van der Waals surface area contributed by atoms with Crippen LogP contribution < -0.4 is 5.73 Å². The lowest BCUT2D eigenvalue weighted by molar-refractivity contribution is 0.944. The van der Waals surface area contributed by atoms with Gasteiger partial charge in [0, 0.05) is 23.8 Å². The van der Waals surface area contributed by atoms with E-state index in [-0.39, 0.29) is 0 Å². The standard InChI is InChI=1S/C9H10ClN3/c1-6-8(5-11)13-3-2-7(10)4-9(13)12-6/h2-4H,5,11H2,1H3. The molecule has 0 aromatic carbocycles. The number of imidazole rings is 1. The third-order valence-electron chi connectivity index (χ3n) is 2.08. The number of pyridine rings is 1. The molecule has 0 fully saturated rings. The number of hydrogen-bond acceptors (Lipinski definition) is 2. The highest BCUT2D eigenvalue weighted by Gasteiger charge is 2.06. The van der Waals surface area contributed by atoms with Crippen molar-refractivity contribution in [3.05, 3.63) is 34.7 Å². The highest BCUT2D eigenvalue weighted by Crippen LogP contribution is 2.15. The third-order valence-corrected chi connectivity index (χ3v) is 2.32. The van der Waals surface area contributed by atoms with Crippen LogP contribution in [0, 0.1) is 6.92 Å². The Balaban J connectivity index is 2.79. The van der Waals surface area contributed by atoms with Crippen molar-refractivity contribution in [3.8, 4) is 0 Å². The number of aryl methyl sites for hydroxylation is 1. The lowest BCUT2D eigenvalue weighted by Gasteiger charge is -1.98. The number of hydrogen-bond donors (Lipinski definition) is 1. The quantitative estimate of drug-likeness (QED) is 0.754. The summed E-state index contributed by atoms with van der Waals surface area (Å²) in [7, 11) is 0. The zero-order valence-electron chi connectivity index (χ0n) is 7.29. The first-order valence-electron chi connectivity index (χ1n) is 4.05. The Bertz CT molecular complexity index is 447. The van der Waals surface area contributed by atoms with Crippen molar-refractivity contribution in [2.45, 2.75) is 13.5 Å². The predicted octanol–water partition coefficient (Wildman–Crippen LogP) is 1.75. The molecule has 2 heterocycles. The third kappa shape index (κ3) is 1.30. The van der Waals surface area contributed by atoms with Gasteiger partial charge in [-0.1, -0.05) is 11.6 Å². The molecule has 3 nitrogen and oxygen atoms in total. The number of rotatable bonds is 1. The van der Waals surface area contributed by atoms with Gasteiger partial charge >= 0.3 is 0 Å². The van der Waals surface area contributed by atoms with E-state index in [0.717, 1.165) is 17.0 Å². The van der Waals surface area contributed by atoms with Crippen LogP contribution in [-0.4, -0.2) is 9.38 Å². The molecular weight excluding hydrogens is 186 g/mol. The molecule has 0 aliphatic heterocycles. The van der Waals surface area contributed by atoms with Gasteiger partial charge in [0.15, 0.2) is 0 Å². The van der Waals surface area contributed by atoms with Gasteiger partial charge in [-0.2, -0.15) is 0 Å². The normalized spacial score (nSPS) is 11.0. The fraction of sp³-hybridized carbons (Fsp3) is 0.222. The molecule has 2 aromatic rings. The minimum Gasteiger partial charge on any atom is -0.325 e. The average Bonchev–Trinajstić information content (AvgIpc) is 2.39. The van der Waals surface area contributed by atoms with Gasteiger partial charge in [0.2, 0.25) is 0 Å². The molecule has 0 aliphatic carbocycles. The number of nitrogens with two attached hydrogens (primary N) is 1. The minimum atomic E-state index is 0.495. The summed E-state index contributed by atoms with van der Waals surface area (Å²) in [6, 6.07) is 3.66. The van der Waals surface area contributed by atoms with Gasteiger partial charge in [-0.05, 0) is 13.0 Å². The van der Waals surface area contributed by atoms with Crippen LogP contribution in [-0.2, 0) is 6.54 Å². The molecule has 0 bridgehead atoms. The van der Waals surface area contributed by atoms with Gasteiger partial charge in [0.05, 0.1) is 11.4 Å². The van der Waals surface area contributed by atoms with Crippen molar-refractivity contribution in [1.29, 1.82) is 0 Å². The lowest BCUT2D eigenvalue weighted by Crippen LogP contribution is -2.02. The Labute approximate surface area is 81.1 Å². The van der Waals surface area contributed by atoms with E-state index in [4.69, 9.17) is 17.3 Å². The summed E-state index contributed by atoms with van der Waals surface area (Å²) < 4.78 is 1.96. The van der Waals surface area contributed by atoms with Crippen LogP contribution in [0.1, 0.15) is 11.4 Å². The first-order valence-corrected chi connectivity index (χ1v) is 4.43. The SMILES string of the molecule is Cc1nc2cc(Cl)ccn2c1CN. The summed E-state index contributed by atoms with van der Waals surface area (Å²) in [5.74, 6) is 0. The van der Waals surface area contributed by atoms with Crippen molar-refractivity contribution >= 4 is 17.2 Å². The van der Waals surface area contributed by atoms with E-state index in [1.165, 1.54) is 0 Å². The Kier molecular flexibility index (Phi) is 1.98. The molecule has 0 atom stereocenters. The molecule has 0 spiro atoms. The second-order valence-electron chi connectivity index (χ2n) is 2.92. The number of fused-ring (bicyclic) bond motifs is 1. The summed E-state index contributed by atoms with van der Waals surface area (Å²) in [5, 5.41) is 0.695. The van der Waals surface area contributed by atoms with E-state index in [9.17, 15) is 0 Å². The second kappa shape index (κ2) is 3.01. The van der Waals surface area contributed by atoms with Crippen molar-refractivity contribution in [2.24, 2.45) is 5.73 Å². The van der Waals surface area contributed by atoms with Gasteiger partial charge in [0.25, 0.3) is 0 Å². The molecule has 0 saturated heterocycles. The molecule has 4 heteroatoms. The van der Waals surface area contributed by atoms with Crippen LogP contribution >= 0.6 is 11.6 Å². The number of aromatic nitrogens is 2. The zero-order valence-corrected chi connectivity index (χ0v) is 8.04. The zero-order chi connectivity index (χ0) is 9.42.